The highest BCUT2D eigenvalue weighted by Gasteiger charge is 2.39. The number of carbonyl (C=O) groups is 4. The SMILES string of the molecule is CC(C)OC(=O)c1ccc(N2C(=O)C(Cl)=C(Nc3ccc(C(=O)N4CCCCC4)cc3)C2=O)cc1. The Hall–Kier alpha value is -3.65. The monoisotopic (exact) mass is 495 g/mol. The van der Waals surface area contributed by atoms with Crippen LogP contribution in [-0.4, -0.2) is 47.8 Å². The van der Waals surface area contributed by atoms with Crippen LogP contribution in [0.1, 0.15) is 53.8 Å². The van der Waals surface area contributed by atoms with Gasteiger partial charge in [0.1, 0.15) is 10.7 Å². The molecule has 2 aliphatic heterocycles. The number of carbonyl (C=O) groups excluding carboxylic acids is 4. The summed E-state index contributed by atoms with van der Waals surface area (Å²) < 4.78 is 5.15. The first-order valence-electron chi connectivity index (χ1n) is 11.5. The maximum atomic E-state index is 13.0. The van der Waals surface area contributed by atoms with E-state index in [1.165, 1.54) is 24.3 Å². The molecule has 8 nitrogen and oxygen atoms in total. The van der Waals surface area contributed by atoms with Crippen LogP contribution >= 0.6 is 11.6 Å². The summed E-state index contributed by atoms with van der Waals surface area (Å²) in [5.41, 5.74) is 1.60. The van der Waals surface area contributed by atoms with Crippen molar-refractivity contribution in [2.45, 2.75) is 39.2 Å². The predicted octanol–water partition coefficient (Wildman–Crippen LogP) is 4.31. The highest BCUT2D eigenvalue weighted by atomic mass is 35.5. The molecule has 9 heteroatoms. The fourth-order valence-electron chi connectivity index (χ4n) is 3.99. The number of halogens is 1. The molecular weight excluding hydrogens is 470 g/mol. The number of esters is 1. The average molecular weight is 496 g/mol. The molecule has 35 heavy (non-hydrogen) atoms. The largest absolute Gasteiger partial charge is 0.459 e. The van der Waals surface area contributed by atoms with Gasteiger partial charge in [0.05, 0.1) is 17.4 Å². The van der Waals surface area contributed by atoms with Crippen molar-refractivity contribution < 1.29 is 23.9 Å². The van der Waals surface area contributed by atoms with Gasteiger partial charge in [-0.15, -0.1) is 0 Å². The van der Waals surface area contributed by atoms with Crippen molar-refractivity contribution in [1.82, 2.24) is 4.90 Å². The van der Waals surface area contributed by atoms with E-state index in [0.717, 1.165) is 37.3 Å². The Labute approximate surface area is 208 Å². The van der Waals surface area contributed by atoms with Gasteiger partial charge < -0.3 is 15.0 Å². The summed E-state index contributed by atoms with van der Waals surface area (Å²) in [5.74, 6) is -1.81. The van der Waals surface area contributed by atoms with Crippen molar-refractivity contribution in [2.24, 2.45) is 0 Å². The first-order valence-corrected chi connectivity index (χ1v) is 11.9. The lowest BCUT2D eigenvalue weighted by molar-refractivity contribution is -0.120. The molecule has 1 fully saturated rings. The molecule has 0 aliphatic carbocycles. The van der Waals surface area contributed by atoms with E-state index in [0.29, 0.717) is 16.8 Å². The Morgan fingerprint density at radius 2 is 1.49 bits per heavy atom. The van der Waals surface area contributed by atoms with Gasteiger partial charge in [0.2, 0.25) is 0 Å². The topological polar surface area (TPSA) is 96.0 Å². The van der Waals surface area contributed by atoms with Crippen LogP contribution in [0.5, 0.6) is 0 Å². The van der Waals surface area contributed by atoms with Crippen LogP contribution in [0.2, 0.25) is 0 Å². The van der Waals surface area contributed by atoms with Gasteiger partial charge in [0.15, 0.2) is 0 Å². The molecule has 0 radical (unpaired) electrons. The van der Waals surface area contributed by atoms with E-state index in [4.69, 9.17) is 16.3 Å². The van der Waals surface area contributed by atoms with Gasteiger partial charge in [0.25, 0.3) is 17.7 Å². The maximum absolute atomic E-state index is 13.0. The molecule has 2 aromatic carbocycles. The normalized spacial score (nSPS) is 16.2. The Morgan fingerprint density at radius 3 is 2.09 bits per heavy atom. The molecule has 1 N–H and O–H groups in total. The van der Waals surface area contributed by atoms with E-state index in [1.807, 2.05) is 4.90 Å². The van der Waals surface area contributed by atoms with Crippen molar-refractivity contribution in [3.63, 3.8) is 0 Å². The van der Waals surface area contributed by atoms with Crippen molar-refractivity contribution in [3.05, 3.63) is 70.4 Å². The Morgan fingerprint density at radius 1 is 0.886 bits per heavy atom. The van der Waals surface area contributed by atoms with E-state index >= 15 is 0 Å². The molecular formula is C26H26ClN3O5. The maximum Gasteiger partial charge on any atom is 0.338 e. The van der Waals surface area contributed by atoms with Gasteiger partial charge in [-0.3, -0.25) is 14.4 Å². The van der Waals surface area contributed by atoms with Crippen molar-refractivity contribution in [3.8, 4) is 0 Å². The highest BCUT2D eigenvalue weighted by Crippen LogP contribution is 2.30. The highest BCUT2D eigenvalue weighted by molar-refractivity contribution is 6.53. The molecule has 0 aromatic heterocycles. The number of likely N-dealkylation sites (tertiary alicyclic amines) is 1. The number of ether oxygens (including phenoxy) is 1. The van der Waals surface area contributed by atoms with Crippen LogP contribution in [0.3, 0.4) is 0 Å². The third kappa shape index (κ3) is 5.22. The van der Waals surface area contributed by atoms with Gasteiger partial charge in [-0.2, -0.15) is 0 Å². The molecule has 0 atom stereocenters. The number of nitrogens with one attached hydrogen (secondary N) is 1. The number of anilines is 2. The lowest BCUT2D eigenvalue weighted by Crippen LogP contribution is -2.35. The van der Waals surface area contributed by atoms with E-state index in [1.54, 1.807) is 38.1 Å². The summed E-state index contributed by atoms with van der Waals surface area (Å²) in [5, 5.41) is 2.66. The lowest BCUT2D eigenvalue weighted by atomic mass is 10.1. The lowest BCUT2D eigenvalue weighted by Gasteiger charge is -2.26. The summed E-state index contributed by atoms with van der Waals surface area (Å²) in [6, 6.07) is 12.6. The molecule has 2 aliphatic rings. The minimum Gasteiger partial charge on any atom is -0.459 e. The minimum absolute atomic E-state index is 0.0208. The van der Waals surface area contributed by atoms with Gasteiger partial charge in [-0.05, 0) is 81.6 Å². The minimum atomic E-state index is -0.673. The van der Waals surface area contributed by atoms with Crippen molar-refractivity contribution in [1.29, 1.82) is 0 Å². The quantitative estimate of drug-likeness (QED) is 0.474. The number of hydrogen-bond acceptors (Lipinski definition) is 6. The fourth-order valence-corrected chi connectivity index (χ4v) is 4.21. The first-order chi connectivity index (χ1) is 16.8. The van der Waals surface area contributed by atoms with Crippen molar-refractivity contribution in [2.75, 3.05) is 23.3 Å². The van der Waals surface area contributed by atoms with Gasteiger partial charge in [-0.25, -0.2) is 9.69 Å². The second kappa shape index (κ2) is 10.3. The fraction of sp³-hybridized carbons (Fsp3) is 0.308. The van der Waals surface area contributed by atoms with Crippen LogP contribution in [0.15, 0.2) is 59.3 Å². The zero-order valence-corrected chi connectivity index (χ0v) is 20.3. The van der Waals surface area contributed by atoms with Crippen LogP contribution in [0, 0.1) is 0 Å². The molecule has 0 saturated carbocycles. The number of piperidine rings is 1. The summed E-state index contributed by atoms with van der Waals surface area (Å²) in [6.07, 6.45) is 2.89. The Kier molecular flexibility index (Phi) is 7.21. The molecule has 3 amide bonds. The number of amides is 3. The number of imide groups is 1. The summed E-state index contributed by atoms with van der Waals surface area (Å²) in [7, 11) is 0. The summed E-state index contributed by atoms with van der Waals surface area (Å²) >= 11 is 6.21. The standard InChI is InChI=1S/C26H26ClN3O5/c1-16(2)35-26(34)18-8-12-20(13-9-18)30-24(32)21(27)22(25(30)33)28-19-10-6-17(7-11-19)23(31)29-14-4-3-5-15-29/h6-13,16,28H,3-5,14-15H2,1-2H3. The third-order valence-electron chi connectivity index (χ3n) is 5.78. The van der Waals surface area contributed by atoms with E-state index in [-0.39, 0.29) is 28.4 Å². The van der Waals surface area contributed by atoms with Crippen molar-refractivity contribution >= 4 is 46.7 Å². The smallest absolute Gasteiger partial charge is 0.338 e. The van der Waals surface area contributed by atoms with E-state index in [2.05, 4.69) is 5.32 Å². The van der Waals surface area contributed by atoms with E-state index < -0.39 is 17.8 Å². The predicted molar refractivity (Wildman–Crippen MR) is 132 cm³/mol. The Bertz CT molecular complexity index is 1180. The summed E-state index contributed by atoms with van der Waals surface area (Å²) in [4.78, 5) is 53.3. The molecule has 0 bridgehead atoms. The van der Waals surface area contributed by atoms with E-state index in [9.17, 15) is 19.2 Å². The first kappa shape index (κ1) is 24.5. The second-order valence-corrected chi connectivity index (χ2v) is 9.07. The van der Waals surface area contributed by atoms with Crippen LogP contribution in [0.4, 0.5) is 11.4 Å². The number of benzene rings is 2. The molecule has 182 valence electrons. The van der Waals surface area contributed by atoms with Crippen LogP contribution in [-0.2, 0) is 14.3 Å². The van der Waals surface area contributed by atoms with Crippen LogP contribution in [0.25, 0.3) is 0 Å². The summed E-state index contributed by atoms with van der Waals surface area (Å²) in [6.45, 7) is 5.01. The number of hydrogen-bond donors (Lipinski definition) is 1. The molecule has 0 spiro atoms. The third-order valence-corrected chi connectivity index (χ3v) is 6.13. The molecule has 1 saturated heterocycles. The average Bonchev–Trinajstić information content (AvgIpc) is 3.07. The molecule has 2 aromatic rings. The molecule has 4 rings (SSSR count). The van der Waals surface area contributed by atoms with Gasteiger partial charge >= 0.3 is 5.97 Å². The molecule has 2 heterocycles. The van der Waals surface area contributed by atoms with Crippen LogP contribution < -0.4 is 10.2 Å². The zero-order chi connectivity index (χ0) is 25.1. The second-order valence-electron chi connectivity index (χ2n) is 8.69. The molecule has 0 unspecified atom stereocenters. The number of nitrogens with zero attached hydrogens (tertiary/aromatic N) is 2. The van der Waals surface area contributed by atoms with Gasteiger partial charge in [-0.1, -0.05) is 11.6 Å². The number of rotatable bonds is 6. The Balaban J connectivity index is 1.46. The zero-order valence-electron chi connectivity index (χ0n) is 19.5. The van der Waals surface area contributed by atoms with Gasteiger partial charge in [0, 0.05) is 24.3 Å².